The highest BCUT2D eigenvalue weighted by molar-refractivity contribution is 7.99. The highest BCUT2D eigenvalue weighted by Gasteiger charge is 2.28. The van der Waals surface area contributed by atoms with Gasteiger partial charge in [0.05, 0.1) is 0 Å². The number of aromatic amines is 1. The predicted molar refractivity (Wildman–Crippen MR) is 69.5 cm³/mol. The lowest BCUT2D eigenvalue weighted by atomic mass is 10.2. The summed E-state index contributed by atoms with van der Waals surface area (Å²) in [7, 11) is 0. The summed E-state index contributed by atoms with van der Waals surface area (Å²) in [4.78, 5) is 11.5. The molecule has 0 spiro atoms. The van der Waals surface area contributed by atoms with Crippen molar-refractivity contribution in [2.24, 2.45) is 0 Å². The first-order valence-electron chi connectivity index (χ1n) is 6.31. The van der Waals surface area contributed by atoms with E-state index in [9.17, 15) is 4.79 Å². The van der Waals surface area contributed by atoms with Crippen LogP contribution in [0.4, 0.5) is 0 Å². The Kier molecular flexibility index (Phi) is 4.28. The van der Waals surface area contributed by atoms with Crippen LogP contribution in [0.2, 0.25) is 0 Å². The molecular weight excluding hydrogens is 236 g/mol. The van der Waals surface area contributed by atoms with E-state index in [1.807, 2.05) is 6.92 Å². The monoisotopic (exact) mass is 256 g/mol. The Hall–Kier alpha value is -0.750. The molecule has 5 nitrogen and oxygen atoms in total. The van der Waals surface area contributed by atoms with Crippen LogP contribution < -0.4 is 11.0 Å². The second-order valence-corrected chi connectivity index (χ2v) is 5.51. The molecule has 1 aromatic heterocycles. The normalized spacial score (nSPS) is 24.4. The fraction of sp³-hybridized carbons (Fsp3) is 0.818. The summed E-state index contributed by atoms with van der Waals surface area (Å²) < 4.78 is 1.70. The highest BCUT2D eigenvalue weighted by atomic mass is 32.2. The van der Waals surface area contributed by atoms with Gasteiger partial charge in [-0.1, -0.05) is 25.1 Å². The van der Waals surface area contributed by atoms with Crippen LogP contribution in [-0.4, -0.2) is 32.6 Å². The van der Waals surface area contributed by atoms with Crippen LogP contribution in [0.25, 0.3) is 0 Å². The first kappa shape index (κ1) is 12.7. The molecule has 1 aliphatic carbocycles. The zero-order chi connectivity index (χ0) is 12.3. The molecule has 2 rings (SSSR count). The molecule has 1 saturated carbocycles. The van der Waals surface area contributed by atoms with Crippen molar-refractivity contribution in [3.63, 3.8) is 0 Å². The molecule has 0 saturated heterocycles. The molecule has 1 heterocycles. The number of hydrogen-bond acceptors (Lipinski definition) is 4. The largest absolute Gasteiger partial charge is 0.343 e. The number of hydrogen-bond donors (Lipinski definition) is 2. The minimum absolute atomic E-state index is 0.104. The predicted octanol–water partition coefficient (Wildman–Crippen LogP) is 1.21. The van der Waals surface area contributed by atoms with Crippen LogP contribution in [0.3, 0.4) is 0 Å². The Labute approximate surface area is 105 Å². The van der Waals surface area contributed by atoms with E-state index in [1.54, 1.807) is 16.3 Å². The molecular formula is C11H20N4OS. The van der Waals surface area contributed by atoms with E-state index < -0.39 is 0 Å². The summed E-state index contributed by atoms with van der Waals surface area (Å²) in [5, 5.41) is 11.5. The van der Waals surface area contributed by atoms with E-state index in [-0.39, 0.29) is 5.69 Å². The van der Waals surface area contributed by atoms with Gasteiger partial charge < -0.3 is 5.32 Å². The van der Waals surface area contributed by atoms with Crippen molar-refractivity contribution in [3.8, 4) is 0 Å². The SMILES string of the molecule is CCNC1CCCC1Sc1n[nH]c(=O)n1CC. The average Bonchev–Trinajstić information content (AvgIpc) is 2.88. The van der Waals surface area contributed by atoms with Crippen molar-refractivity contribution in [2.45, 2.75) is 56.1 Å². The Morgan fingerprint density at radius 3 is 3.06 bits per heavy atom. The quantitative estimate of drug-likeness (QED) is 0.831. The highest BCUT2D eigenvalue weighted by Crippen LogP contribution is 2.33. The Morgan fingerprint density at radius 2 is 2.35 bits per heavy atom. The van der Waals surface area contributed by atoms with Crippen LogP contribution in [0.5, 0.6) is 0 Å². The van der Waals surface area contributed by atoms with Gasteiger partial charge in [-0.05, 0) is 26.3 Å². The summed E-state index contributed by atoms with van der Waals surface area (Å²) in [6.07, 6.45) is 3.69. The molecule has 1 aromatic rings. The smallest absolute Gasteiger partial charge is 0.313 e. The van der Waals surface area contributed by atoms with Gasteiger partial charge in [0.2, 0.25) is 0 Å². The average molecular weight is 256 g/mol. The fourth-order valence-electron chi connectivity index (χ4n) is 2.37. The number of nitrogens with zero attached hydrogens (tertiary/aromatic N) is 2. The van der Waals surface area contributed by atoms with Gasteiger partial charge in [-0.3, -0.25) is 4.57 Å². The maximum Gasteiger partial charge on any atom is 0.343 e. The molecule has 2 atom stereocenters. The van der Waals surface area contributed by atoms with Crippen LogP contribution in [-0.2, 0) is 6.54 Å². The van der Waals surface area contributed by atoms with E-state index >= 15 is 0 Å². The molecule has 0 bridgehead atoms. The molecule has 0 radical (unpaired) electrons. The van der Waals surface area contributed by atoms with E-state index in [4.69, 9.17) is 0 Å². The first-order valence-corrected chi connectivity index (χ1v) is 7.19. The maximum absolute atomic E-state index is 11.5. The van der Waals surface area contributed by atoms with Gasteiger partial charge in [0.1, 0.15) is 0 Å². The molecule has 1 aliphatic rings. The summed E-state index contributed by atoms with van der Waals surface area (Å²) in [6.45, 7) is 5.78. The second kappa shape index (κ2) is 5.73. The van der Waals surface area contributed by atoms with Crippen LogP contribution >= 0.6 is 11.8 Å². The molecule has 6 heteroatoms. The molecule has 2 N–H and O–H groups in total. The van der Waals surface area contributed by atoms with Crippen molar-refractivity contribution >= 4 is 11.8 Å². The topological polar surface area (TPSA) is 62.7 Å². The van der Waals surface area contributed by atoms with E-state index in [1.165, 1.54) is 19.3 Å². The number of aromatic nitrogens is 3. The third-order valence-corrected chi connectivity index (χ3v) is 4.60. The van der Waals surface area contributed by atoms with Crippen molar-refractivity contribution in [1.29, 1.82) is 0 Å². The second-order valence-electron chi connectivity index (χ2n) is 4.31. The van der Waals surface area contributed by atoms with Crippen molar-refractivity contribution in [3.05, 3.63) is 10.5 Å². The van der Waals surface area contributed by atoms with Crippen LogP contribution in [0.15, 0.2) is 9.95 Å². The van der Waals surface area contributed by atoms with Crippen LogP contribution in [0, 0.1) is 0 Å². The molecule has 0 aliphatic heterocycles. The van der Waals surface area contributed by atoms with E-state index in [0.29, 0.717) is 17.8 Å². The molecule has 0 aromatic carbocycles. The Balaban J connectivity index is 2.07. The zero-order valence-corrected chi connectivity index (χ0v) is 11.2. The lowest BCUT2D eigenvalue weighted by Crippen LogP contribution is -2.34. The van der Waals surface area contributed by atoms with Gasteiger partial charge >= 0.3 is 5.69 Å². The van der Waals surface area contributed by atoms with Gasteiger partial charge in [0.25, 0.3) is 0 Å². The lowest BCUT2D eigenvalue weighted by Gasteiger charge is -2.19. The van der Waals surface area contributed by atoms with Gasteiger partial charge in [-0.2, -0.15) is 0 Å². The summed E-state index contributed by atoms with van der Waals surface area (Å²) >= 11 is 1.73. The fourth-order valence-corrected chi connectivity index (χ4v) is 3.76. The molecule has 1 fully saturated rings. The molecule has 96 valence electrons. The number of thioether (sulfide) groups is 1. The number of H-pyrrole nitrogens is 1. The van der Waals surface area contributed by atoms with E-state index in [0.717, 1.165) is 11.7 Å². The lowest BCUT2D eigenvalue weighted by molar-refractivity contribution is 0.548. The van der Waals surface area contributed by atoms with Gasteiger partial charge in [-0.15, -0.1) is 5.10 Å². The third-order valence-electron chi connectivity index (χ3n) is 3.22. The Morgan fingerprint density at radius 1 is 1.53 bits per heavy atom. The van der Waals surface area contributed by atoms with Gasteiger partial charge in [-0.25, -0.2) is 9.89 Å². The van der Waals surface area contributed by atoms with Crippen molar-refractivity contribution in [1.82, 2.24) is 20.1 Å². The van der Waals surface area contributed by atoms with Gasteiger partial charge in [0, 0.05) is 17.8 Å². The van der Waals surface area contributed by atoms with E-state index in [2.05, 4.69) is 22.4 Å². The minimum Gasteiger partial charge on any atom is -0.313 e. The van der Waals surface area contributed by atoms with Crippen molar-refractivity contribution < 1.29 is 0 Å². The molecule has 0 amide bonds. The molecule has 2 unspecified atom stereocenters. The molecule has 17 heavy (non-hydrogen) atoms. The summed E-state index contributed by atoms with van der Waals surface area (Å²) in [6, 6.07) is 0.558. The van der Waals surface area contributed by atoms with Crippen LogP contribution in [0.1, 0.15) is 33.1 Å². The van der Waals surface area contributed by atoms with Crippen molar-refractivity contribution in [2.75, 3.05) is 6.54 Å². The number of nitrogens with one attached hydrogen (secondary N) is 2. The third kappa shape index (κ3) is 2.74. The standard InChI is InChI=1S/C11H20N4OS/c1-3-12-8-6-5-7-9(8)17-11-14-13-10(16)15(11)4-2/h8-9,12H,3-7H2,1-2H3,(H,13,16). The maximum atomic E-state index is 11.5. The summed E-state index contributed by atoms with van der Waals surface area (Å²) in [5.74, 6) is 0. The zero-order valence-electron chi connectivity index (χ0n) is 10.4. The van der Waals surface area contributed by atoms with Gasteiger partial charge in [0.15, 0.2) is 5.16 Å². The number of rotatable bonds is 5. The first-order chi connectivity index (χ1) is 8.26. The Bertz CT molecular complexity index is 414. The summed E-state index contributed by atoms with van der Waals surface area (Å²) in [5.41, 5.74) is -0.104. The minimum atomic E-state index is -0.104.